The second-order valence-corrected chi connectivity index (χ2v) is 5.96. The van der Waals surface area contributed by atoms with E-state index in [9.17, 15) is 14.0 Å². The van der Waals surface area contributed by atoms with Crippen LogP contribution in [0.5, 0.6) is 0 Å². The van der Waals surface area contributed by atoms with Gasteiger partial charge in [0, 0.05) is 24.2 Å². The zero-order valence-corrected chi connectivity index (χ0v) is 14.8. The monoisotopic (exact) mass is 378 g/mol. The average molecular weight is 378 g/mol. The van der Waals surface area contributed by atoms with Gasteiger partial charge < -0.3 is 4.74 Å². The summed E-state index contributed by atoms with van der Waals surface area (Å²) >= 11 is 0. The number of H-pyrrole nitrogens is 1. The van der Waals surface area contributed by atoms with Crippen molar-refractivity contribution in [3.05, 3.63) is 76.7 Å². The molecule has 0 amide bonds. The number of hydrogen-bond donors (Lipinski definition) is 1. The maximum atomic E-state index is 13.4. The number of esters is 1. The molecule has 0 spiro atoms. The first-order valence-corrected chi connectivity index (χ1v) is 8.57. The molecule has 28 heavy (non-hydrogen) atoms. The van der Waals surface area contributed by atoms with Gasteiger partial charge in [0.15, 0.2) is 5.65 Å². The molecule has 0 aliphatic heterocycles. The molecule has 0 fully saturated rings. The molecule has 3 aromatic heterocycles. The van der Waals surface area contributed by atoms with Crippen LogP contribution in [-0.4, -0.2) is 32.2 Å². The third kappa shape index (κ3) is 2.94. The van der Waals surface area contributed by atoms with E-state index >= 15 is 0 Å². The molecule has 1 N–H and O–H groups in total. The van der Waals surface area contributed by atoms with Crippen LogP contribution >= 0.6 is 0 Å². The summed E-state index contributed by atoms with van der Waals surface area (Å²) in [5.41, 5.74) is 2.22. The zero-order valence-electron chi connectivity index (χ0n) is 14.8. The van der Waals surface area contributed by atoms with E-state index in [1.54, 1.807) is 43.6 Å². The van der Waals surface area contributed by atoms with Gasteiger partial charge in [-0.2, -0.15) is 4.52 Å². The Kier molecular flexibility index (Phi) is 4.44. The van der Waals surface area contributed by atoms with Crippen LogP contribution in [0, 0.1) is 5.82 Å². The van der Waals surface area contributed by atoms with E-state index in [0.717, 1.165) is 5.56 Å². The number of aromatic nitrogens is 4. The summed E-state index contributed by atoms with van der Waals surface area (Å²) in [6, 6.07) is 9.42. The Labute approximate surface area is 158 Å². The van der Waals surface area contributed by atoms with E-state index in [1.165, 1.54) is 22.8 Å². The molecule has 140 valence electrons. The molecule has 4 aromatic rings. The molecular formula is C20H15FN4O3. The van der Waals surface area contributed by atoms with Gasteiger partial charge in [0.05, 0.1) is 17.9 Å². The van der Waals surface area contributed by atoms with Gasteiger partial charge in [0.25, 0.3) is 5.56 Å². The van der Waals surface area contributed by atoms with Crippen LogP contribution in [0.3, 0.4) is 0 Å². The lowest BCUT2D eigenvalue weighted by Crippen LogP contribution is -2.24. The van der Waals surface area contributed by atoms with Gasteiger partial charge in [-0.05, 0) is 48.9 Å². The van der Waals surface area contributed by atoms with Gasteiger partial charge in [-0.25, -0.2) is 14.2 Å². The predicted molar refractivity (Wildman–Crippen MR) is 100 cm³/mol. The largest absolute Gasteiger partial charge is 0.462 e. The number of nitrogens with zero attached hydrogens (tertiary/aromatic N) is 3. The van der Waals surface area contributed by atoms with Crippen molar-refractivity contribution in [2.75, 3.05) is 6.61 Å². The van der Waals surface area contributed by atoms with Crippen LogP contribution in [0.4, 0.5) is 4.39 Å². The highest BCUT2D eigenvalue weighted by molar-refractivity contribution is 5.92. The number of aromatic amines is 1. The minimum Gasteiger partial charge on any atom is -0.462 e. The molecule has 1 aromatic carbocycles. The molecule has 0 atom stereocenters. The number of carbonyl (C=O) groups is 1. The highest BCUT2D eigenvalue weighted by Crippen LogP contribution is 2.33. The van der Waals surface area contributed by atoms with E-state index in [1.807, 2.05) is 0 Å². The van der Waals surface area contributed by atoms with Crippen molar-refractivity contribution in [3.63, 3.8) is 0 Å². The first kappa shape index (κ1) is 17.6. The number of halogens is 1. The van der Waals surface area contributed by atoms with Gasteiger partial charge in [-0.15, -0.1) is 0 Å². The minimum atomic E-state index is -0.738. The highest BCUT2D eigenvalue weighted by atomic mass is 19.1. The summed E-state index contributed by atoms with van der Waals surface area (Å²) < 4.78 is 19.5. The van der Waals surface area contributed by atoms with Crippen LogP contribution in [0.2, 0.25) is 0 Å². The number of rotatable bonds is 4. The molecule has 0 saturated heterocycles. The second-order valence-electron chi connectivity index (χ2n) is 5.96. The summed E-state index contributed by atoms with van der Waals surface area (Å²) in [5.74, 6) is -1.11. The van der Waals surface area contributed by atoms with E-state index in [4.69, 9.17) is 4.74 Å². The van der Waals surface area contributed by atoms with Gasteiger partial charge in [-0.3, -0.25) is 14.9 Å². The topological polar surface area (TPSA) is 89.3 Å². The number of pyridine rings is 1. The molecule has 7 nitrogen and oxygen atoms in total. The molecule has 0 unspecified atom stereocenters. The van der Waals surface area contributed by atoms with Crippen molar-refractivity contribution in [1.82, 2.24) is 19.6 Å². The Morgan fingerprint density at radius 3 is 2.54 bits per heavy atom. The molecule has 0 aliphatic rings. The maximum absolute atomic E-state index is 13.4. The van der Waals surface area contributed by atoms with Crippen molar-refractivity contribution >= 4 is 11.6 Å². The van der Waals surface area contributed by atoms with Crippen molar-refractivity contribution in [2.45, 2.75) is 6.92 Å². The summed E-state index contributed by atoms with van der Waals surface area (Å²) in [5, 5.41) is 3.00. The Morgan fingerprint density at radius 1 is 1.14 bits per heavy atom. The lowest BCUT2D eigenvalue weighted by atomic mass is 10.0. The van der Waals surface area contributed by atoms with Gasteiger partial charge in [-0.1, -0.05) is 0 Å². The smallest absolute Gasteiger partial charge is 0.345 e. The van der Waals surface area contributed by atoms with E-state index in [0.29, 0.717) is 22.5 Å². The van der Waals surface area contributed by atoms with Crippen molar-refractivity contribution in [3.8, 4) is 22.4 Å². The first-order valence-electron chi connectivity index (χ1n) is 8.57. The zero-order chi connectivity index (χ0) is 19.7. The fourth-order valence-electron chi connectivity index (χ4n) is 2.98. The molecule has 0 saturated carbocycles. The average Bonchev–Trinajstić information content (AvgIpc) is 3.10. The molecule has 3 heterocycles. The second kappa shape index (κ2) is 7.07. The normalized spacial score (nSPS) is 10.9. The van der Waals surface area contributed by atoms with Crippen LogP contribution in [0.1, 0.15) is 17.3 Å². The standard InChI is InChI=1S/C20H15FN4O3/c1-2-28-20(27)15-11-23-18-16(12-7-9-22-10-8-12)17(24-25(18)19(15)26)13-3-5-14(21)6-4-13/h3-11,24H,2H2,1H3. The summed E-state index contributed by atoms with van der Waals surface area (Å²) in [6.07, 6.45) is 4.46. The SMILES string of the molecule is CCOC(=O)c1cnc2c(-c3ccncc3)c(-c3ccc(F)cc3)[nH]n2c1=O. The summed E-state index contributed by atoms with van der Waals surface area (Å²) in [6.45, 7) is 1.80. The Hall–Kier alpha value is -3.81. The lowest BCUT2D eigenvalue weighted by molar-refractivity contribution is 0.0523. The first-order chi connectivity index (χ1) is 13.6. The lowest BCUT2D eigenvalue weighted by Gasteiger charge is -2.04. The fourth-order valence-corrected chi connectivity index (χ4v) is 2.98. The van der Waals surface area contributed by atoms with Crippen LogP contribution in [-0.2, 0) is 4.74 Å². The molecule has 4 rings (SSSR count). The number of fused-ring (bicyclic) bond motifs is 1. The maximum Gasteiger partial charge on any atom is 0.345 e. The van der Waals surface area contributed by atoms with Crippen molar-refractivity contribution in [1.29, 1.82) is 0 Å². The van der Waals surface area contributed by atoms with Crippen LogP contribution in [0.15, 0.2) is 59.8 Å². The summed E-state index contributed by atoms with van der Waals surface area (Å²) in [7, 11) is 0. The van der Waals surface area contributed by atoms with Gasteiger partial charge in [0.1, 0.15) is 11.4 Å². The van der Waals surface area contributed by atoms with E-state index in [2.05, 4.69) is 15.1 Å². The summed E-state index contributed by atoms with van der Waals surface area (Å²) in [4.78, 5) is 33.2. The number of hydrogen-bond acceptors (Lipinski definition) is 5. The van der Waals surface area contributed by atoms with Crippen molar-refractivity contribution in [2.24, 2.45) is 0 Å². The molecule has 0 aliphatic carbocycles. The van der Waals surface area contributed by atoms with E-state index in [-0.39, 0.29) is 18.0 Å². The Morgan fingerprint density at radius 2 is 1.86 bits per heavy atom. The number of carbonyl (C=O) groups excluding carboxylic acids is 1. The van der Waals surface area contributed by atoms with Crippen molar-refractivity contribution < 1.29 is 13.9 Å². The van der Waals surface area contributed by atoms with E-state index < -0.39 is 11.5 Å². The minimum absolute atomic E-state index is 0.148. The van der Waals surface area contributed by atoms with Gasteiger partial charge >= 0.3 is 5.97 Å². The molecule has 0 radical (unpaired) electrons. The highest BCUT2D eigenvalue weighted by Gasteiger charge is 2.21. The predicted octanol–water partition coefficient (Wildman–Crippen LogP) is 3.07. The quantitative estimate of drug-likeness (QED) is 0.551. The fraction of sp³-hybridized carbons (Fsp3) is 0.100. The number of ether oxygens (including phenoxy) is 1. The number of nitrogens with one attached hydrogen (secondary N) is 1. The van der Waals surface area contributed by atoms with Crippen LogP contribution < -0.4 is 5.56 Å². The molecule has 0 bridgehead atoms. The number of benzene rings is 1. The van der Waals surface area contributed by atoms with Crippen LogP contribution in [0.25, 0.3) is 28.0 Å². The Bertz CT molecular complexity index is 1210. The third-order valence-corrected chi connectivity index (χ3v) is 4.26. The molecular weight excluding hydrogens is 363 g/mol. The Balaban J connectivity index is 2.02. The third-order valence-electron chi connectivity index (χ3n) is 4.26. The van der Waals surface area contributed by atoms with Gasteiger partial charge in [0.2, 0.25) is 0 Å². The molecule has 8 heteroatoms.